The quantitative estimate of drug-likeness (QED) is 0.540. The van der Waals surface area contributed by atoms with E-state index in [2.05, 4.69) is 9.88 Å². The average molecular weight is 424 g/mol. The highest BCUT2D eigenvalue weighted by Gasteiger charge is 2.22. The molecule has 0 bridgehead atoms. The van der Waals surface area contributed by atoms with Crippen LogP contribution in [0.1, 0.15) is 35.4 Å². The fourth-order valence-electron chi connectivity index (χ4n) is 3.62. The third kappa shape index (κ3) is 5.44. The molecule has 0 spiro atoms. The van der Waals surface area contributed by atoms with E-state index in [0.29, 0.717) is 24.4 Å². The van der Waals surface area contributed by atoms with Crippen LogP contribution in [0.15, 0.2) is 46.9 Å². The molecule has 160 valence electrons. The fourth-order valence-corrected chi connectivity index (χ4v) is 3.62. The molecule has 0 aliphatic carbocycles. The zero-order chi connectivity index (χ0) is 21.8. The van der Waals surface area contributed by atoms with Crippen LogP contribution >= 0.6 is 0 Å². The number of benzene rings is 2. The van der Waals surface area contributed by atoms with Crippen LogP contribution in [-0.2, 0) is 17.8 Å². The summed E-state index contributed by atoms with van der Waals surface area (Å²) < 4.78 is 32.5. The summed E-state index contributed by atoms with van der Waals surface area (Å²) in [6.45, 7) is 2.21. The number of hydrogen-bond acceptors (Lipinski definition) is 4. The Hall–Kier alpha value is -3.32. The molecule has 7 heteroatoms. The number of fused-ring (bicyclic) bond motifs is 1. The Morgan fingerprint density at radius 2 is 1.81 bits per heavy atom. The Kier molecular flexibility index (Phi) is 6.23. The molecule has 3 aromatic rings. The maximum atomic E-state index is 13.3. The van der Waals surface area contributed by atoms with Crippen LogP contribution in [0, 0.1) is 11.6 Å². The lowest BCUT2D eigenvalue weighted by atomic mass is 10.1. The molecule has 1 N–H and O–H groups in total. The Balaban J connectivity index is 1.41. The van der Waals surface area contributed by atoms with Crippen molar-refractivity contribution in [2.75, 3.05) is 13.1 Å². The van der Waals surface area contributed by atoms with Gasteiger partial charge >= 0.3 is 5.97 Å². The van der Waals surface area contributed by atoms with Crippen molar-refractivity contribution >= 4 is 18.1 Å². The topological polar surface area (TPSA) is 66.6 Å². The van der Waals surface area contributed by atoms with Gasteiger partial charge in [-0.25, -0.2) is 13.8 Å². The number of rotatable bonds is 7. The van der Waals surface area contributed by atoms with Crippen LogP contribution in [0.2, 0.25) is 0 Å². The Morgan fingerprint density at radius 3 is 2.52 bits per heavy atom. The van der Waals surface area contributed by atoms with Gasteiger partial charge in [0.05, 0.1) is 5.69 Å². The number of aliphatic carboxylic acids is 1. The second kappa shape index (κ2) is 9.22. The van der Waals surface area contributed by atoms with Crippen LogP contribution in [-0.4, -0.2) is 34.0 Å². The van der Waals surface area contributed by atoms with E-state index in [9.17, 15) is 13.6 Å². The van der Waals surface area contributed by atoms with Gasteiger partial charge in [0.25, 0.3) is 0 Å². The molecule has 2 heterocycles. The van der Waals surface area contributed by atoms with E-state index in [-0.39, 0.29) is 6.42 Å². The van der Waals surface area contributed by atoms with Gasteiger partial charge in [-0.05, 0) is 48.4 Å². The first-order chi connectivity index (χ1) is 15.0. The highest BCUT2D eigenvalue weighted by atomic mass is 19.1. The maximum absolute atomic E-state index is 13.3. The van der Waals surface area contributed by atoms with Gasteiger partial charge in [-0.15, -0.1) is 0 Å². The molecule has 0 radical (unpaired) electrons. The number of nitrogens with zero attached hydrogens (tertiary/aromatic N) is 2. The standard InChI is InChI=1S/C24H22F2N2O3/c25-19-12-17(13-20(26)14-19)4-3-16-5-7-18(8-6-16)24-27-21-15-28(10-1-2-23(29)30)11-9-22(21)31-24/h3-8,12-14H,1-2,9-11,15H2,(H,29,30)/b4-3+. The van der Waals surface area contributed by atoms with Crippen molar-refractivity contribution in [1.29, 1.82) is 0 Å². The molecule has 2 aromatic carbocycles. The Bertz CT molecular complexity index is 1090. The number of carboxylic acid groups (broad SMARTS) is 1. The van der Waals surface area contributed by atoms with Crippen LogP contribution in [0.3, 0.4) is 0 Å². The summed E-state index contributed by atoms with van der Waals surface area (Å²) in [4.78, 5) is 17.5. The summed E-state index contributed by atoms with van der Waals surface area (Å²) in [5.41, 5.74) is 3.08. The molecule has 0 saturated heterocycles. The van der Waals surface area contributed by atoms with Crippen molar-refractivity contribution in [2.45, 2.75) is 25.8 Å². The van der Waals surface area contributed by atoms with E-state index in [0.717, 1.165) is 48.2 Å². The van der Waals surface area contributed by atoms with E-state index in [1.54, 1.807) is 12.2 Å². The summed E-state index contributed by atoms with van der Waals surface area (Å²) in [6.07, 6.45) is 4.98. The molecule has 1 aromatic heterocycles. The van der Waals surface area contributed by atoms with E-state index in [1.807, 2.05) is 24.3 Å². The molecule has 4 rings (SSSR count). The van der Waals surface area contributed by atoms with E-state index in [4.69, 9.17) is 9.52 Å². The summed E-state index contributed by atoms with van der Waals surface area (Å²) in [5, 5.41) is 8.78. The SMILES string of the molecule is O=C(O)CCCN1CCc2oc(-c3ccc(/C=C/c4cc(F)cc(F)c4)cc3)nc2C1. The minimum Gasteiger partial charge on any atom is -0.481 e. The Labute approximate surface area is 178 Å². The van der Waals surface area contributed by atoms with Crippen LogP contribution in [0.25, 0.3) is 23.6 Å². The zero-order valence-corrected chi connectivity index (χ0v) is 16.9. The van der Waals surface area contributed by atoms with Gasteiger partial charge in [0, 0.05) is 37.6 Å². The molecular formula is C24H22F2N2O3. The molecule has 0 unspecified atom stereocenters. The third-order valence-corrected chi connectivity index (χ3v) is 5.18. The predicted octanol–water partition coefficient (Wildman–Crippen LogP) is 5.01. The van der Waals surface area contributed by atoms with Gasteiger partial charge < -0.3 is 9.52 Å². The highest BCUT2D eigenvalue weighted by molar-refractivity contribution is 5.71. The second-order valence-corrected chi connectivity index (χ2v) is 7.57. The van der Waals surface area contributed by atoms with Crippen molar-refractivity contribution in [2.24, 2.45) is 0 Å². The lowest BCUT2D eigenvalue weighted by molar-refractivity contribution is -0.137. The maximum Gasteiger partial charge on any atom is 0.303 e. The molecular weight excluding hydrogens is 402 g/mol. The molecule has 5 nitrogen and oxygen atoms in total. The normalized spacial score (nSPS) is 14.1. The number of hydrogen-bond donors (Lipinski definition) is 1. The molecule has 1 aliphatic heterocycles. The molecule has 1 aliphatic rings. The van der Waals surface area contributed by atoms with Crippen LogP contribution in [0.5, 0.6) is 0 Å². The molecule has 0 fully saturated rings. The van der Waals surface area contributed by atoms with Crippen LogP contribution in [0.4, 0.5) is 8.78 Å². The number of oxazole rings is 1. The highest BCUT2D eigenvalue weighted by Crippen LogP contribution is 2.27. The van der Waals surface area contributed by atoms with Gasteiger partial charge in [-0.2, -0.15) is 0 Å². The van der Waals surface area contributed by atoms with Crippen molar-refractivity contribution in [3.8, 4) is 11.5 Å². The van der Waals surface area contributed by atoms with Gasteiger partial charge in [-0.3, -0.25) is 9.69 Å². The molecule has 31 heavy (non-hydrogen) atoms. The van der Waals surface area contributed by atoms with Crippen molar-refractivity contribution in [3.63, 3.8) is 0 Å². The monoisotopic (exact) mass is 424 g/mol. The summed E-state index contributed by atoms with van der Waals surface area (Å²) >= 11 is 0. The fraction of sp³-hybridized carbons (Fsp3) is 0.250. The summed E-state index contributed by atoms with van der Waals surface area (Å²) in [7, 11) is 0. The second-order valence-electron chi connectivity index (χ2n) is 7.57. The van der Waals surface area contributed by atoms with Gasteiger partial charge in [0.1, 0.15) is 17.4 Å². The van der Waals surface area contributed by atoms with E-state index < -0.39 is 17.6 Å². The number of aromatic nitrogens is 1. The van der Waals surface area contributed by atoms with Crippen molar-refractivity contribution in [3.05, 3.63) is 76.7 Å². The first kappa shape index (κ1) is 20.9. The Morgan fingerprint density at radius 1 is 1.10 bits per heavy atom. The number of halogens is 2. The third-order valence-electron chi connectivity index (χ3n) is 5.18. The van der Waals surface area contributed by atoms with Gasteiger partial charge in [0.15, 0.2) is 0 Å². The zero-order valence-electron chi connectivity index (χ0n) is 16.9. The summed E-state index contributed by atoms with van der Waals surface area (Å²) in [6, 6.07) is 11.0. The predicted molar refractivity (Wildman–Crippen MR) is 113 cm³/mol. The number of carboxylic acids is 1. The molecule has 0 saturated carbocycles. The minimum absolute atomic E-state index is 0.169. The van der Waals surface area contributed by atoms with Gasteiger partial charge in [0.2, 0.25) is 5.89 Å². The van der Waals surface area contributed by atoms with Gasteiger partial charge in [-0.1, -0.05) is 24.3 Å². The lowest BCUT2D eigenvalue weighted by Gasteiger charge is -2.24. The largest absolute Gasteiger partial charge is 0.481 e. The minimum atomic E-state index is -0.775. The first-order valence-corrected chi connectivity index (χ1v) is 10.1. The average Bonchev–Trinajstić information content (AvgIpc) is 3.15. The molecule has 0 atom stereocenters. The molecule has 0 amide bonds. The van der Waals surface area contributed by atoms with E-state index in [1.165, 1.54) is 12.1 Å². The van der Waals surface area contributed by atoms with E-state index >= 15 is 0 Å². The first-order valence-electron chi connectivity index (χ1n) is 10.1. The summed E-state index contributed by atoms with van der Waals surface area (Å²) in [5.74, 6) is -0.559. The smallest absolute Gasteiger partial charge is 0.303 e. The lowest BCUT2D eigenvalue weighted by Crippen LogP contribution is -2.31. The number of carbonyl (C=O) groups is 1. The van der Waals surface area contributed by atoms with Crippen molar-refractivity contribution in [1.82, 2.24) is 9.88 Å². The van der Waals surface area contributed by atoms with Crippen LogP contribution < -0.4 is 0 Å². The van der Waals surface area contributed by atoms with Crippen molar-refractivity contribution < 1.29 is 23.1 Å².